The smallest absolute Gasteiger partial charge is 0.322 e. The second-order valence-corrected chi connectivity index (χ2v) is 6.04. The Balaban J connectivity index is 1.74. The van der Waals surface area contributed by atoms with Gasteiger partial charge in [-0.3, -0.25) is 15.0 Å². The number of amides is 3. The summed E-state index contributed by atoms with van der Waals surface area (Å²) in [4.78, 5) is 29.9. The molecule has 0 aromatic carbocycles. The van der Waals surface area contributed by atoms with Crippen molar-refractivity contribution in [1.82, 2.24) is 15.4 Å². The minimum absolute atomic E-state index is 0.144. The minimum Gasteiger partial charge on any atom is -0.491 e. The molecule has 0 spiro atoms. The van der Waals surface area contributed by atoms with Crippen LogP contribution < -0.4 is 10.8 Å². The molecule has 8 heteroatoms. The fraction of sp³-hybridized carbons (Fsp3) is 0.353. The molecule has 1 saturated heterocycles. The van der Waals surface area contributed by atoms with Gasteiger partial charge in [0.2, 0.25) is 0 Å². The van der Waals surface area contributed by atoms with Crippen molar-refractivity contribution in [2.24, 2.45) is 5.92 Å². The lowest BCUT2D eigenvalue weighted by molar-refractivity contribution is -0.131. The molecule has 1 aromatic rings. The monoisotopic (exact) mass is 344 g/mol. The molecule has 3 rings (SSSR count). The zero-order valence-corrected chi connectivity index (χ0v) is 13.8. The Morgan fingerprint density at radius 1 is 1.44 bits per heavy atom. The third-order valence-corrected chi connectivity index (χ3v) is 4.26. The van der Waals surface area contributed by atoms with Crippen molar-refractivity contribution >= 4 is 17.6 Å². The normalized spacial score (nSPS) is 22.6. The van der Waals surface area contributed by atoms with Gasteiger partial charge in [-0.25, -0.2) is 10.3 Å². The van der Waals surface area contributed by atoms with Gasteiger partial charge in [0.1, 0.15) is 12.4 Å². The highest BCUT2D eigenvalue weighted by molar-refractivity contribution is 5.89. The van der Waals surface area contributed by atoms with E-state index in [9.17, 15) is 9.59 Å². The second kappa shape index (κ2) is 7.35. The fourth-order valence-electron chi connectivity index (χ4n) is 2.82. The van der Waals surface area contributed by atoms with Crippen LogP contribution in [-0.2, 0) is 9.53 Å². The van der Waals surface area contributed by atoms with E-state index in [4.69, 9.17) is 9.94 Å². The summed E-state index contributed by atoms with van der Waals surface area (Å²) in [5, 5.41) is 11.6. The van der Waals surface area contributed by atoms with Crippen molar-refractivity contribution in [1.29, 1.82) is 0 Å². The van der Waals surface area contributed by atoms with E-state index in [1.165, 1.54) is 0 Å². The molecule has 3 amide bonds. The predicted molar refractivity (Wildman–Crippen MR) is 89.6 cm³/mol. The summed E-state index contributed by atoms with van der Waals surface area (Å²) in [5.74, 6) is -0.368. The summed E-state index contributed by atoms with van der Waals surface area (Å²) in [7, 11) is 0. The van der Waals surface area contributed by atoms with E-state index < -0.39 is 11.8 Å². The van der Waals surface area contributed by atoms with Gasteiger partial charge in [0.15, 0.2) is 0 Å². The molecule has 1 aliphatic heterocycles. The van der Waals surface area contributed by atoms with Crippen molar-refractivity contribution in [2.75, 3.05) is 18.5 Å². The van der Waals surface area contributed by atoms with Crippen molar-refractivity contribution in [3.63, 3.8) is 0 Å². The maximum atomic E-state index is 12.6. The number of carbonyl (C=O) groups excluding carboxylic acids is 2. The van der Waals surface area contributed by atoms with Crippen LogP contribution in [0.25, 0.3) is 0 Å². The maximum absolute atomic E-state index is 12.6. The van der Waals surface area contributed by atoms with Gasteiger partial charge in [0, 0.05) is 11.8 Å². The van der Waals surface area contributed by atoms with Gasteiger partial charge in [0.25, 0.3) is 5.91 Å². The third kappa shape index (κ3) is 3.80. The molecule has 2 atom stereocenters. The maximum Gasteiger partial charge on any atom is 0.322 e. The Bertz CT molecular complexity index is 717. The Morgan fingerprint density at radius 2 is 2.28 bits per heavy atom. The van der Waals surface area contributed by atoms with Crippen LogP contribution in [0.2, 0.25) is 0 Å². The summed E-state index contributed by atoms with van der Waals surface area (Å²) < 4.78 is 5.77. The molecule has 2 aliphatic rings. The zero-order chi connectivity index (χ0) is 17.8. The molecule has 0 saturated carbocycles. The number of hydrogen-bond donors (Lipinski definition) is 3. The van der Waals surface area contributed by atoms with Crippen molar-refractivity contribution in [2.45, 2.75) is 19.4 Å². The Morgan fingerprint density at radius 3 is 3.00 bits per heavy atom. The SMILES string of the molecule is C[C@H]1COC2=CC(C(=O)NO)CC=C2CN1C(=O)Nc1cccnc1. The Kier molecular flexibility index (Phi) is 4.99. The van der Waals surface area contributed by atoms with Crippen LogP contribution in [0.15, 0.2) is 48.0 Å². The fourth-order valence-corrected chi connectivity index (χ4v) is 2.82. The first-order valence-electron chi connectivity index (χ1n) is 8.04. The number of nitrogens with one attached hydrogen (secondary N) is 2. The van der Waals surface area contributed by atoms with Crippen LogP contribution in [0.5, 0.6) is 0 Å². The number of allylic oxidation sites excluding steroid dienone is 1. The first kappa shape index (κ1) is 17.0. The van der Waals surface area contributed by atoms with Crippen molar-refractivity contribution < 1.29 is 19.5 Å². The van der Waals surface area contributed by atoms with E-state index in [-0.39, 0.29) is 12.1 Å². The average Bonchev–Trinajstić information content (AvgIpc) is 2.80. The topological polar surface area (TPSA) is 104 Å². The number of anilines is 1. The van der Waals surface area contributed by atoms with Gasteiger partial charge >= 0.3 is 6.03 Å². The molecule has 1 unspecified atom stereocenters. The largest absolute Gasteiger partial charge is 0.491 e. The van der Waals surface area contributed by atoms with Crippen LogP contribution in [0, 0.1) is 5.92 Å². The van der Waals surface area contributed by atoms with Crippen molar-refractivity contribution in [3.05, 3.63) is 48.0 Å². The number of hydroxylamine groups is 1. The number of ether oxygens (including phenoxy) is 1. The second-order valence-electron chi connectivity index (χ2n) is 6.04. The molecule has 2 heterocycles. The molecular formula is C17H20N4O4. The summed E-state index contributed by atoms with van der Waals surface area (Å²) in [6.07, 6.45) is 7.23. The number of aromatic nitrogens is 1. The molecule has 1 aromatic heterocycles. The summed E-state index contributed by atoms with van der Waals surface area (Å²) in [6, 6.07) is 3.14. The lowest BCUT2D eigenvalue weighted by atomic mass is 9.94. The average molecular weight is 344 g/mol. The Labute approximate surface area is 145 Å². The zero-order valence-electron chi connectivity index (χ0n) is 13.8. The quantitative estimate of drug-likeness (QED) is 0.559. The van der Waals surface area contributed by atoms with Crippen LogP contribution in [0.1, 0.15) is 13.3 Å². The van der Waals surface area contributed by atoms with Crippen LogP contribution >= 0.6 is 0 Å². The molecule has 25 heavy (non-hydrogen) atoms. The number of carbonyl (C=O) groups is 2. The molecule has 132 valence electrons. The number of rotatable bonds is 2. The van der Waals surface area contributed by atoms with Gasteiger partial charge in [-0.2, -0.15) is 0 Å². The summed E-state index contributed by atoms with van der Waals surface area (Å²) in [5.41, 5.74) is 3.14. The van der Waals surface area contributed by atoms with Crippen molar-refractivity contribution in [3.8, 4) is 0 Å². The number of hydrogen-bond acceptors (Lipinski definition) is 5. The first-order chi connectivity index (χ1) is 12.1. The molecule has 8 nitrogen and oxygen atoms in total. The molecule has 0 radical (unpaired) electrons. The van der Waals surface area contributed by atoms with E-state index in [0.29, 0.717) is 31.0 Å². The van der Waals surface area contributed by atoms with E-state index in [1.807, 2.05) is 13.0 Å². The third-order valence-electron chi connectivity index (χ3n) is 4.26. The van der Waals surface area contributed by atoms with Crippen LogP contribution in [0.3, 0.4) is 0 Å². The minimum atomic E-state index is -0.477. The molecule has 1 fully saturated rings. The van der Waals surface area contributed by atoms with Crippen LogP contribution in [-0.4, -0.2) is 46.2 Å². The van der Waals surface area contributed by atoms with Gasteiger partial charge in [-0.1, -0.05) is 6.08 Å². The Hall–Kier alpha value is -2.87. The molecule has 0 bridgehead atoms. The highest BCUT2D eigenvalue weighted by Gasteiger charge is 2.30. The lowest BCUT2D eigenvalue weighted by Crippen LogP contribution is -2.43. The number of nitrogens with zero attached hydrogens (tertiary/aromatic N) is 2. The van der Waals surface area contributed by atoms with E-state index >= 15 is 0 Å². The van der Waals surface area contributed by atoms with Gasteiger partial charge in [-0.05, 0) is 31.6 Å². The van der Waals surface area contributed by atoms with E-state index in [2.05, 4.69) is 10.3 Å². The number of pyridine rings is 1. The summed E-state index contributed by atoms with van der Waals surface area (Å²) >= 11 is 0. The lowest BCUT2D eigenvalue weighted by Gasteiger charge is -2.26. The van der Waals surface area contributed by atoms with E-state index in [1.54, 1.807) is 41.0 Å². The van der Waals surface area contributed by atoms with Gasteiger partial charge < -0.3 is 15.0 Å². The highest BCUT2D eigenvalue weighted by Crippen LogP contribution is 2.28. The molecule has 3 N–H and O–H groups in total. The van der Waals surface area contributed by atoms with E-state index in [0.717, 1.165) is 5.57 Å². The van der Waals surface area contributed by atoms with Gasteiger partial charge in [-0.15, -0.1) is 0 Å². The molecule has 1 aliphatic carbocycles. The predicted octanol–water partition coefficient (Wildman–Crippen LogP) is 1.67. The number of urea groups is 1. The molecular weight excluding hydrogens is 324 g/mol. The first-order valence-corrected chi connectivity index (χ1v) is 8.04. The van der Waals surface area contributed by atoms with Crippen LogP contribution in [0.4, 0.5) is 10.5 Å². The number of fused-ring (bicyclic) bond motifs is 1. The highest BCUT2D eigenvalue weighted by atomic mass is 16.5. The standard InChI is InChI=1S/C17H20N4O4/c1-11-10-25-15-7-12(16(22)20-24)4-5-13(15)9-21(11)17(23)19-14-3-2-6-18-8-14/h2-3,5-8,11-12,24H,4,9-10H2,1H3,(H,19,23)(H,20,22)/t11-,12?/m0/s1. The summed E-state index contributed by atoms with van der Waals surface area (Å²) in [6.45, 7) is 2.60. The van der Waals surface area contributed by atoms with Gasteiger partial charge in [0.05, 0.1) is 30.4 Å².